The van der Waals surface area contributed by atoms with Crippen molar-refractivity contribution < 1.29 is 0 Å². The van der Waals surface area contributed by atoms with Gasteiger partial charge in [-0.25, -0.2) is 0 Å². The number of nitrogens with zero attached hydrogens (tertiary/aromatic N) is 1. The zero-order chi connectivity index (χ0) is 9.31. The summed E-state index contributed by atoms with van der Waals surface area (Å²) in [6.07, 6.45) is 6.23. The van der Waals surface area contributed by atoms with Crippen molar-refractivity contribution in [2.24, 2.45) is 4.99 Å². The van der Waals surface area contributed by atoms with Gasteiger partial charge in [0.1, 0.15) is 0 Å². The first-order valence-electron chi connectivity index (χ1n) is 4.51. The molecule has 1 aromatic rings. The van der Waals surface area contributed by atoms with Crippen LogP contribution in [0.4, 0.5) is 0 Å². The molecule has 0 unspecified atom stereocenters. The molecule has 0 aliphatic carbocycles. The lowest BCUT2D eigenvalue weighted by atomic mass is 10.0. The molecule has 1 aliphatic heterocycles. The highest BCUT2D eigenvalue weighted by molar-refractivity contribution is 5.87. The number of aliphatic imine (C=N–C) groups is 1. The zero-order valence-electron chi connectivity index (χ0n) is 7.99. The van der Waals surface area contributed by atoms with E-state index in [9.17, 15) is 0 Å². The maximum atomic E-state index is 4.49. The molecular formula is C12H13N. The van der Waals surface area contributed by atoms with E-state index in [1.54, 1.807) is 0 Å². The molecule has 0 saturated heterocycles. The van der Waals surface area contributed by atoms with Crippen LogP contribution in [0.15, 0.2) is 35.3 Å². The number of fused-ring (bicyclic) bond motifs is 1. The van der Waals surface area contributed by atoms with E-state index in [1.165, 1.54) is 11.1 Å². The fraction of sp³-hybridized carbons (Fsp3) is 0.250. The number of hydrogen-bond acceptors (Lipinski definition) is 1. The van der Waals surface area contributed by atoms with Crippen LogP contribution < -0.4 is 0 Å². The molecule has 2 rings (SSSR count). The summed E-state index contributed by atoms with van der Waals surface area (Å²) in [6.45, 7) is 4.21. The van der Waals surface area contributed by atoms with Crippen molar-refractivity contribution in [2.75, 3.05) is 0 Å². The van der Waals surface area contributed by atoms with Crippen molar-refractivity contribution in [2.45, 2.75) is 19.4 Å². The van der Waals surface area contributed by atoms with Crippen LogP contribution in [0, 0.1) is 0 Å². The SMILES string of the molecule is CC1(C)C=Cc2ccccc2C=N1. The Bertz CT molecular complexity index is 337. The molecule has 0 atom stereocenters. The van der Waals surface area contributed by atoms with Gasteiger partial charge in [0.25, 0.3) is 0 Å². The van der Waals surface area contributed by atoms with Gasteiger partial charge in [-0.05, 0) is 25.0 Å². The van der Waals surface area contributed by atoms with Gasteiger partial charge < -0.3 is 0 Å². The summed E-state index contributed by atoms with van der Waals surface area (Å²) in [4.78, 5) is 4.49. The van der Waals surface area contributed by atoms with Crippen LogP contribution in [0.2, 0.25) is 0 Å². The van der Waals surface area contributed by atoms with Crippen LogP contribution in [-0.2, 0) is 0 Å². The van der Waals surface area contributed by atoms with E-state index in [0.717, 1.165) is 0 Å². The topological polar surface area (TPSA) is 12.4 Å². The third-order valence-corrected chi connectivity index (χ3v) is 2.20. The zero-order valence-corrected chi connectivity index (χ0v) is 7.99. The van der Waals surface area contributed by atoms with Gasteiger partial charge in [0.05, 0.1) is 5.54 Å². The minimum Gasteiger partial charge on any atom is -0.282 e. The number of hydrogen-bond donors (Lipinski definition) is 0. The van der Waals surface area contributed by atoms with Gasteiger partial charge in [-0.3, -0.25) is 4.99 Å². The summed E-state index contributed by atoms with van der Waals surface area (Å²) < 4.78 is 0. The smallest absolute Gasteiger partial charge is 0.0735 e. The molecule has 0 fully saturated rings. The highest BCUT2D eigenvalue weighted by Gasteiger charge is 2.12. The van der Waals surface area contributed by atoms with Crippen molar-refractivity contribution in [3.8, 4) is 0 Å². The summed E-state index contributed by atoms with van der Waals surface area (Å²) >= 11 is 0. The molecule has 0 radical (unpaired) electrons. The van der Waals surface area contributed by atoms with Crippen LogP contribution in [-0.4, -0.2) is 11.8 Å². The van der Waals surface area contributed by atoms with Crippen molar-refractivity contribution in [3.63, 3.8) is 0 Å². The molecule has 0 amide bonds. The van der Waals surface area contributed by atoms with Gasteiger partial charge in [0.15, 0.2) is 0 Å². The van der Waals surface area contributed by atoms with E-state index in [1.807, 2.05) is 12.3 Å². The van der Waals surface area contributed by atoms with E-state index >= 15 is 0 Å². The first-order chi connectivity index (χ1) is 6.17. The van der Waals surface area contributed by atoms with Gasteiger partial charge in [-0.1, -0.05) is 36.4 Å². The summed E-state index contributed by atoms with van der Waals surface area (Å²) in [5.74, 6) is 0. The second kappa shape index (κ2) is 2.84. The van der Waals surface area contributed by atoms with Crippen molar-refractivity contribution in [1.29, 1.82) is 0 Å². The maximum Gasteiger partial charge on any atom is 0.0735 e. The summed E-state index contributed by atoms with van der Waals surface area (Å²) in [5, 5.41) is 0. The van der Waals surface area contributed by atoms with Crippen LogP contribution >= 0.6 is 0 Å². The predicted molar refractivity (Wildman–Crippen MR) is 57.1 cm³/mol. The molecule has 1 nitrogen and oxygen atoms in total. The molecular weight excluding hydrogens is 158 g/mol. The standard InChI is InChI=1S/C12H13N/c1-12(2)8-7-10-5-3-4-6-11(10)9-13-12/h3-9H,1-2H3. The Morgan fingerprint density at radius 2 is 1.77 bits per heavy atom. The van der Waals surface area contributed by atoms with E-state index in [0.29, 0.717) is 0 Å². The van der Waals surface area contributed by atoms with Crippen LogP contribution in [0.25, 0.3) is 6.08 Å². The molecule has 0 bridgehead atoms. The minimum absolute atomic E-state index is 0.0704. The number of benzene rings is 1. The molecule has 0 aromatic heterocycles. The largest absolute Gasteiger partial charge is 0.282 e. The van der Waals surface area contributed by atoms with Gasteiger partial charge in [-0.2, -0.15) is 0 Å². The lowest BCUT2D eigenvalue weighted by Gasteiger charge is -2.11. The van der Waals surface area contributed by atoms with Crippen LogP contribution in [0.3, 0.4) is 0 Å². The molecule has 0 spiro atoms. The monoisotopic (exact) mass is 171 g/mol. The van der Waals surface area contributed by atoms with Crippen molar-refractivity contribution in [1.82, 2.24) is 0 Å². The molecule has 13 heavy (non-hydrogen) atoms. The first-order valence-corrected chi connectivity index (χ1v) is 4.51. The van der Waals surface area contributed by atoms with E-state index in [2.05, 4.69) is 49.2 Å². The second-order valence-electron chi connectivity index (χ2n) is 3.87. The van der Waals surface area contributed by atoms with Crippen molar-refractivity contribution in [3.05, 3.63) is 41.5 Å². The Morgan fingerprint density at radius 1 is 1.08 bits per heavy atom. The lowest BCUT2D eigenvalue weighted by molar-refractivity contribution is 0.665. The van der Waals surface area contributed by atoms with Gasteiger partial charge >= 0.3 is 0 Å². The average molecular weight is 171 g/mol. The maximum absolute atomic E-state index is 4.49. The predicted octanol–water partition coefficient (Wildman–Crippen LogP) is 2.91. The molecule has 66 valence electrons. The Balaban J connectivity index is 2.53. The Hall–Kier alpha value is -1.37. The highest BCUT2D eigenvalue weighted by atomic mass is 14.8. The van der Waals surface area contributed by atoms with Crippen LogP contribution in [0.1, 0.15) is 25.0 Å². The van der Waals surface area contributed by atoms with E-state index in [4.69, 9.17) is 0 Å². The Morgan fingerprint density at radius 3 is 2.54 bits per heavy atom. The third-order valence-electron chi connectivity index (χ3n) is 2.20. The summed E-state index contributed by atoms with van der Waals surface area (Å²) in [6, 6.07) is 8.29. The first kappa shape index (κ1) is 8.24. The summed E-state index contributed by atoms with van der Waals surface area (Å²) in [7, 11) is 0. The van der Waals surface area contributed by atoms with E-state index in [-0.39, 0.29) is 5.54 Å². The fourth-order valence-electron chi connectivity index (χ4n) is 1.35. The van der Waals surface area contributed by atoms with Crippen molar-refractivity contribution >= 4 is 12.3 Å². The average Bonchev–Trinajstić information content (AvgIpc) is 2.27. The molecule has 1 aliphatic rings. The minimum atomic E-state index is -0.0704. The molecule has 1 heterocycles. The van der Waals surface area contributed by atoms with Crippen LogP contribution in [0.5, 0.6) is 0 Å². The molecule has 0 saturated carbocycles. The molecule has 0 N–H and O–H groups in total. The van der Waals surface area contributed by atoms with Gasteiger partial charge in [-0.15, -0.1) is 0 Å². The summed E-state index contributed by atoms with van der Waals surface area (Å²) in [5.41, 5.74) is 2.38. The molecule has 1 aromatic carbocycles. The quantitative estimate of drug-likeness (QED) is 0.569. The Labute approximate surface area is 78.8 Å². The second-order valence-corrected chi connectivity index (χ2v) is 3.87. The lowest BCUT2D eigenvalue weighted by Crippen LogP contribution is -2.11. The van der Waals surface area contributed by atoms with Gasteiger partial charge in [0, 0.05) is 6.21 Å². The normalized spacial score (nSPS) is 18.0. The molecule has 1 heteroatoms. The highest BCUT2D eigenvalue weighted by Crippen LogP contribution is 2.19. The Kier molecular flexibility index (Phi) is 1.80. The van der Waals surface area contributed by atoms with E-state index < -0.39 is 0 Å². The fourth-order valence-corrected chi connectivity index (χ4v) is 1.35. The third kappa shape index (κ3) is 1.69. The number of rotatable bonds is 0. The van der Waals surface area contributed by atoms with Gasteiger partial charge in [0.2, 0.25) is 0 Å².